The molecule has 0 unspecified atom stereocenters. The van der Waals surface area contributed by atoms with Gasteiger partial charge in [0.15, 0.2) is 11.6 Å². The predicted octanol–water partition coefficient (Wildman–Crippen LogP) is 4.29. The molecule has 2 nitrogen and oxygen atoms in total. The summed E-state index contributed by atoms with van der Waals surface area (Å²) in [6, 6.07) is 11.3. The van der Waals surface area contributed by atoms with Crippen LogP contribution in [0.4, 0.5) is 0 Å². The Balaban J connectivity index is 2.24. The number of rotatable bonds is 0. The van der Waals surface area contributed by atoms with Crippen LogP contribution in [-0.2, 0) is 3.79 Å². The van der Waals surface area contributed by atoms with Gasteiger partial charge in [-0.1, -0.05) is 65.1 Å². The van der Waals surface area contributed by atoms with Crippen LogP contribution >= 0.6 is 34.8 Å². The van der Waals surface area contributed by atoms with Crippen LogP contribution in [0.5, 0.6) is 0 Å². The number of fused-ring (bicyclic) bond motifs is 2. The van der Waals surface area contributed by atoms with Gasteiger partial charge in [-0.3, -0.25) is 9.59 Å². The second-order valence-corrected chi connectivity index (χ2v) is 6.74. The van der Waals surface area contributed by atoms with Gasteiger partial charge in [-0.25, -0.2) is 0 Å². The summed E-state index contributed by atoms with van der Waals surface area (Å²) in [6.45, 7) is 0. The normalized spacial score (nSPS) is 13.9. The van der Waals surface area contributed by atoms with Gasteiger partial charge in [0.1, 0.15) is 0 Å². The van der Waals surface area contributed by atoms with Crippen molar-refractivity contribution in [3.8, 4) is 0 Å². The van der Waals surface area contributed by atoms with Crippen LogP contribution in [0.25, 0.3) is 0 Å². The van der Waals surface area contributed by atoms with Gasteiger partial charge < -0.3 is 0 Å². The van der Waals surface area contributed by atoms with Crippen LogP contribution in [0.15, 0.2) is 42.5 Å². The molecule has 0 aromatic heterocycles. The molecule has 0 spiro atoms. The van der Waals surface area contributed by atoms with Crippen molar-refractivity contribution in [3.63, 3.8) is 0 Å². The van der Waals surface area contributed by atoms with Gasteiger partial charge in [0, 0.05) is 27.8 Å². The molecule has 0 bridgehead atoms. The highest BCUT2D eigenvalue weighted by atomic mass is 35.6. The number of hydrogen-bond donors (Lipinski definition) is 0. The molecule has 100 valence electrons. The monoisotopic (exact) mass is 324 g/mol. The van der Waals surface area contributed by atoms with E-state index in [0.29, 0.717) is 22.3 Å². The maximum Gasteiger partial charge on any atom is 0.216 e. The lowest BCUT2D eigenvalue weighted by Crippen LogP contribution is -2.21. The molecule has 5 heteroatoms. The first kappa shape index (κ1) is 13.6. The molecule has 0 atom stereocenters. The number of carbonyl (C=O) groups is 2. The van der Waals surface area contributed by atoms with Crippen LogP contribution < -0.4 is 0 Å². The Labute approximate surface area is 130 Å². The molecule has 2 aromatic carbocycles. The van der Waals surface area contributed by atoms with Crippen LogP contribution in [0.3, 0.4) is 0 Å². The number of hydrogen-bond acceptors (Lipinski definition) is 2. The van der Waals surface area contributed by atoms with E-state index in [9.17, 15) is 9.59 Å². The van der Waals surface area contributed by atoms with Crippen molar-refractivity contribution >= 4 is 46.4 Å². The average molecular weight is 326 g/mol. The number of benzene rings is 2. The Hall–Kier alpha value is -1.35. The Bertz CT molecular complexity index is 745. The van der Waals surface area contributed by atoms with Crippen molar-refractivity contribution in [1.82, 2.24) is 0 Å². The summed E-state index contributed by atoms with van der Waals surface area (Å²) >= 11 is 17.5. The predicted molar refractivity (Wildman–Crippen MR) is 79.0 cm³/mol. The van der Waals surface area contributed by atoms with E-state index in [1.165, 1.54) is 12.1 Å². The molecule has 0 heterocycles. The van der Waals surface area contributed by atoms with Crippen molar-refractivity contribution in [1.29, 1.82) is 0 Å². The summed E-state index contributed by atoms with van der Waals surface area (Å²) in [4.78, 5) is 24.8. The minimum absolute atomic E-state index is 0.189. The first-order valence-corrected chi connectivity index (χ1v) is 6.92. The molecular formula is C15H7Cl3O2. The molecule has 1 aliphatic rings. The fourth-order valence-corrected chi connectivity index (χ4v) is 2.63. The van der Waals surface area contributed by atoms with Crippen LogP contribution in [0.2, 0.25) is 0 Å². The van der Waals surface area contributed by atoms with E-state index in [1.807, 2.05) is 0 Å². The van der Waals surface area contributed by atoms with Crippen molar-refractivity contribution in [2.45, 2.75) is 3.79 Å². The van der Waals surface area contributed by atoms with E-state index >= 15 is 0 Å². The summed E-state index contributed by atoms with van der Waals surface area (Å²) < 4.78 is -1.63. The zero-order valence-corrected chi connectivity index (χ0v) is 12.3. The molecule has 3 rings (SSSR count). The molecule has 0 fully saturated rings. The lowest BCUT2D eigenvalue weighted by molar-refractivity contribution is 0.0979. The SMILES string of the molecule is O=C1c2ccccc2C(=O)c2cc(C(Cl)(Cl)Cl)ccc21. The Morgan fingerprint density at radius 2 is 1.20 bits per heavy atom. The smallest absolute Gasteiger partial charge is 0.216 e. The van der Waals surface area contributed by atoms with Crippen LogP contribution in [-0.4, -0.2) is 11.6 Å². The molecule has 1 aliphatic carbocycles. The zero-order chi connectivity index (χ0) is 14.5. The second kappa shape index (κ2) is 4.59. The Morgan fingerprint density at radius 1 is 0.700 bits per heavy atom. The Morgan fingerprint density at radius 3 is 1.75 bits per heavy atom. The van der Waals surface area contributed by atoms with E-state index in [4.69, 9.17) is 34.8 Å². The summed E-state index contributed by atoms with van der Waals surface area (Å²) in [5, 5.41) is 0. The average Bonchev–Trinajstić information content (AvgIpc) is 2.43. The summed E-state index contributed by atoms with van der Waals surface area (Å²) in [7, 11) is 0. The fourth-order valence-electron chi connectivity index (χ4n) is 2.28. The van der Waals surface area contributed by atoms with Gasteiger partial charge in [0.2, 0.25) is 3.79 Å². The first-order chi connectivity index (χ1) is 9.39. The molecule has 0 N–H and O–H groups in total. The summed E-state index contributed by atoms with van der Waals surface area (Å²) in [5.41, 5.74) is 1.77. The van der Waals surface area contributed by atoms with Gasteiger partial charge in [-0.05, 0) is 12.1 Å². The second-order valence-electron chi connectivity index (χ2n) is 4.46. The summed E-state index contributed by atoms with van der Waals surface area (Å²) in [5.74, 6) is -0.419. The van der Waals surface area contributed by atoms with Crippen molar-refractivity contribution in [2.24, 2.45) is 0 Å². The van der Waals surface area contributed by atoms with E-state index < -0.39 is 3.79 Å². The number of alkyl halides is 3. The molecule has 0 saturated carbocycles. The molecular weight excluding hydrogens is 319 g/mol. The summed E-state index contributed by atoms with van der Waals surface area (Å²) in [6.07, 6.45) is 0. The van der Waals surface area contributed by atoms with Crippen molar-refractivity contribution in [2.75, 3.05) is 0 Å². The minimum atomic E-state index is -1.63. The highest BCUT2D eigenvalue weighted by Crippen LogP contribution is 2.40. The number of carbonyl (C=O) groups excluding carboxylic acids is 2. The van der Waals surface area contributed by atoms with E-state index in [1.54, 1.807) is 30.3 Å². The molecule has 0 radical (unpaired) electrons. The largest absolute Gasteiger partial charge is 0.289 e. The van der Waals surface area contributed by atoms with Gasteiger partial charge in [-0.15, -0.1) is 0 Å². The van der Waals surface area contributed by atoms with Crippen LogP contribution in [0, 0.1) is 0 Å². The molecule has 0 aliphatic heterocycles. The highest BCUT2D eigenvalue weighted by Gasteiger charge is 2.32. The van der Waals surface area contributed by atoms with Crippen molar-refractivity contribution in [3.05, 3.63) is 70.3 Å². The van der Waals surface area contributed by atoms with E-state index in [2.05, 4.69) is 0 Å². The van der Waals surface area contributed by atoms with Gasteiger partial charge in [0.05, 0.1) is 0 Å². The fraction of sp³-hybridized carbons (Fsp3) is 0.0667. The molecule has 0 amide bonds. The number of halogens is 3. The third-order valence-electron chi connectivity index (χ3n) is 3.25. The van der Waals surface area contributed by atoms with E-state index in [-0.39, 0.29) is 17.1 Å². The third kappa shape index (κ3) is 2.05. The van der Waals surface area contributed by atoms with Gasteiger partial charge in [-0.2, -0.15) is 0 Å². The van der Waals surface area contributed by atoms with E-state index in [0.717, 1.165) is 0 Å². The minimum Gasteiger partial charge on any atom is -0.289 e. The lowest BCUT2D eigenvalue weighted by atomic mass is 9.83. The zero-order valence-electron chi connectivity index (χ0n) is 9.99. The van der Waals surface area contributed by atoms with Gasteiger partial charge >= 0.3 is 0 Å². The maximum atomic E-state index is 12.5. The number of ketones is 2. The molecule has 2 aromatic rings. The molecule has 20 heavy (non-hydrogen) atoms. The molecule has 0 saturated heterocycles. The maximum absolute atomic E-state index is 12.5. The van der Waals surface area contributed by atoms with Crippen molar-refractivity contribution < 1.29 is 9.59 Å². The van der Waals surface area contributed by atoms with Gasteiger partial charge in [0.25, 0.3) is 0 Å². The third-order valence-corrected chi connectivity index (χ3v) is 3.91. The van der Waals surface area contributed by atoms with Crippen LogP contribution in [0.1, 0.15) is 37.4 Å². The standard InChI is InChI=1S/C15H7Cl3O2/c16-15(17,18)8-5-6-11-12(7-8)14(20)10-4-2-1-3-9(10)13(11)19/h1-7H. The first-order valence-electron chi connectivity index (χ1n) is 5.79. The highest BCUT2D eigenvalue weighted by molar-refractivity contribution is 6.66. The quantitative estimate of drug-likeness (QED) is 0.578. The topological polar surface area (TPSA) is 34.1 Å². The Kier molecular flexibility index (Phi) is 3.13. The lowest BCUT2D eigenvalue weighted by Gasteiger charge is -2.19.